The minimum Gasteiger partial charge on any atom is -0.495 e. The number of ether oxygens (including phenoxy) is 2. The van der Waals surface area contributed by atoms with Gasteiger partial charge in [-0.05, 0) is 49.1 Å². The predicted octanol–water partition coefficient (Wildman–Crippen LogP) is 3.69. The number of anilines is 1. The van der Waals surface area contributed by atoms with Gasteiger partial charge in [0.1, 0.15) is 18.1 Å². The number of carboxylic acids is 1. The molecule has 0 unspecified atom stereocenters. The van der Waals surface area contributed by atoms with Crippen molar-refractivity contribution in [2.75, 3.05) is 51.3 Å². The van der Waals surface area contributed by atoms with E-state index in [4.69, 9.17) is 14.6 Å². The van der Waals surface area contributed by atoms with Crippen molar-refractivity contribution in [1.29, 1.82) is 0 Å². The summed E-state index contributed by atoms with van der Waals surface area (Å²) in [5.74, 6) is 1.09. The van der Waals surface area contributed by atoms with Crippen LogP contribution in [0.5, 0.6) is 11.5 Å². The van der Waals surface area contributed by atoms with Gasteiger partial charge in [-0.1, -0.05) is 24.3 Å². The summed E-state index contributed by atoms with van der Waals surface area (Å²) in [7, 11) is 1.72. The molecule has 2 aromatic rings. The number of methoxy groups -OCH3 is 1. The Morgan fingerprint density at radius 2 is 1.73 bits per heavy atom. The Labute approximate surface area is 179 Å². The molecule has 6 nitrogen and oxygen atoms in total. The Hall–Kier alpha value is -2.73. The van der Waals surface area contributed by atoms with Gasteiger partial charge in [0.2, 0.25) is 0 Å². The highest BCUT2D eigenvalue weighted by atomic mass is 16.5. The monoisotopic (exact) mass is 412 g/mol. The Morgan fingerprint density at radius 1 is 1.00 bits per heavy atom. The first-order valence-corrected chi connectivity index (χ1v) is 10.7. The maximum absolute atomic E-state index is 10.5. The Kier molecular flexibility index (Phi) is 8.39. The van der Waals surface area contributed by atoms with Crippen molar-refractivity contribution in [3.8, 4) is 11.5 Å². The SMILES string of the molecule is COc1ccccc1N1CCN(CCOc2ccc(CCCCC(=O)O)cc2)CC1. The molecular formula is C24H32N2O4. The van der Waals surface area contributed by atoms with Gasteiger partial charge in [-0.25, -0.2) is 0 Å². The summed E-state index contributed by atoms with van der Waals surface area (Å²) in [6.45, 7) is 5.57. The van der Waals surface area contributed by atoms with E-state index in [0.29, 0.717) is 6.61 Å². The van der Waals surface area contributed by atoms with Crippen LogP contribution in [0.3, 0.4) is 0 Å². The Balaban J connectivity index is 1.35. The molecule has 1 aliphatic heterocycles. The molecule has 0 aliphatic carbocycles. The fourth-order valence-corrected chi connectivity index (χ4v) is 3.75. The summed E-state index contributed by atoms with van der Waals surface area (Å²) in [5, 5.41) is 8.68. The van der Waals surface area contributed by atoms with Crippen molar-refractivity contribution in [2.45, 2.75) is 25.7 Å². The van der Waals surface area contributed by atoms with Crippen molar-refractivity contribution in [3.63, 3.8) is 0 Å². The van der Waals surface area contributed by atoms with E-state index in [1.807, 2.05) is 24.3 Å². The molecule has 30 heavy (non-hydrogen) atoms. The number of hydrogen-bond donors (Lipinski definition) is 1. The first kappa shape index (κ1) is 22.0. The fourth-order valence-electron chi connectivity index (χ4n) is 3.75. The molecule has 0 radical (unpaired) electrons. The number of carboxylic acid groups (broad SMARTS) is 1. The topological polar surface area (TPSA) is 62.2 Å². The van der Waals surface area contributed by atoms with Crippen LogP contribution in [0.4, 0.5) is 5.69 Å². The van der Waals surface area contributed by atoms with Crippen LogP contribution in [-0.2, 0) is 11.2 Å². The zero-order valence-electron chi connectivity index (χ0n) is 17.8. The van der Waals surface area contributed by atoms with E-state index >= 15 is 0 Å². The molecule has 2 aromatic carbocycles. The van der Waals surface area contributed by atoms with Gasteiger partial charge in [0.15, 0.2) is 0 Å². The molecule has 0 aromatic heterocycles. The van der Waals surface area contributed by atoms with Crippen LogP contribution >= 0.6 is 0 Å². The lowest BCUT2D eigenvalue weighted by Gasteiger charge is -2.36. The molecule has 0 bridgehead atoms. The third-order valence-electron chi connectivity index (χ3n) is 5.50. The van der Waals surface area contributed by atoms with Crippen LogP contribution in [0.25, 0.3) is 0 Å². The molecule has 162 valence electrons. The van der Waals surface area contributed by atoms with E-state index in [1.165, 1.54) is 11.3 Å². The molecule has 0 saturated carbocycles. The van der Waals surface area contributed by atoms with E-state index in [9.17, 15) is 4.79 Å². The van der Waals surface area contributed by atoms with E-state index in [-0.39, 0.29) is 6.42 Å². The number of benzene rings is 2. The second-order valence-corrected chi connectivity index (χ2v) is 7.59. The summed E-state index contributed by atoms with van der Waals surface area (Å²) in [6, 6.07) is 16.3. The van der Waals surface area contributed by atoms with Crippen LogP contribution in [0.1, 0.15) is 24.8 Å². The summed E-state index contributed by atoms with van der Waals surface area (Å²) in [6.07, 6.45) is 2.77. The standard InChI is InChI=1S/C24H32N2O4/c1-29-23-8-4-3-7-22(23)26-16-14-25(15-17-26)18-19-30-21-12-10-20(11-13-21)6-2-5-9-24(27)28/h3-4,7-8,10-13H,2,5-6,9,14-19H2,1H3,(H,27,28). The first-order valence-electron chi connectivity index (χ1n) is 10.7. The van der Waals surface area contributed by atoms with Crippen LogP contribution in [0.2, 0.25) is 0 Å². The van der Waals surface area contributed by atoms with Crippen molar-refractivity contribution < 1.29 is 19.4 Å². The van der Waals surface area contributed by atoms with E-state index in [1.54, 1.807) is 7.11 Å². The molecular weight excluding hydrogens is 380 g/mol. The summed E-state index contributed by atoms with van der Waals surface area (Å²) < 4.78 is 11.4. The normalized spacial score (nSPS) is 14.5. The molecule has 0 spiro atoms. The summed E-state index contributed by atoms with van der Waals surface area (Å²) in [5.41, 5.74) is 2.39. The van der Waals surface area contributed by atoms with Crippen LogP contribution in [0, 0.1) is 0 Å². The van der Waals surface area contributed by atoms with Gasteiger partial charge in [-0.15, -0.1) is 0 Å². The van der Waals surface area contributed by atoms with Crippen LogP contribution in [-0.4, -0.2) is 62.4 Å². The quantitative estimate of drug-likeness (QED) is 0.568. The third kappa shape index (κ3) is 6.66. The Bertz CT molecular complexity index is 786. The minimum atomic E-state index is -0.722. The molecule has 1 fully saturated rings. The second kappa shape index (κ2) is 11.5. The zero-order chi connectivity index (χ0) is 21.2. The van der Waals surface area contributed by atoms with Crippen molar-refractivity contribution in [1.82, 2.24) is 4.90 Å². The number of piperazine rings is 1. The minimum absolute atomic E-state index is 0.244. The van der Waals surface area contributed by atoms with Gasteiger partial charge in [0, 0.05) is 39.1 Å². The molecule has 1 heterocycles. The van der Waals surface area contributed by atoms with Gasteiger partial charge >= 0.3 is 5.97 Å². The van der Waals surface area contributed by atoms with Gasteiger partial charge in [0.25, 0.3) is 0 Å². The van der Waals surface area contributed by atoms with Crippen molar-refractivity contribution in [3.05, 3.63) is 54.1 Å². The molecule has 3 rings (SSSR count). The lowest BCUT2D eigenvalue weighted by atomic mass is 10.1. The van der Waals surface area contributed by atoms with Gasteiger partial charge in [-0.3, -0.25) is 9.69 Å². The van der Waals surface area contributed by atoms with Gasteiger partial charge in [-0.2, -0.15) is 0 Å². The van der Waals surface area contributed by atoms with E-state index < -0.39 is 5.97 Å². The lowest BCUT2D eigenvalue weighted by Crippen LogP contribution is -2.47. The fraction of sp³-hybridized carbons (Fsp3) is 0.458. The van der Waals surface area contributed by atoms with Crippen molar-refractivity contribution in [2.24, 2.45) is 0 Å². The van der Waals surface area contributed by atoms with Crippen LogP contribution in [0.15, 0.2) is 48.5 Å². The largest absolute Gasteiger partial charge is 0.495 e. The molecule has 6 heteroatoms. The highest BCUT2D eigenvalue weighted by molar-refractivity contribution is 5.66. The van der Waals surface area contributed by atoms with Gasteiger partial charge < -0.3 is 19.5 Å². The summed E-state index contributed by atoms with van der Waals surface area (Å²) >= 11 is 0. The van der Waals surface area contributed by atoms with Crippen molar-refractivity contribution >= 4 is 11.7 Å². The summed E-state index contributed by atoms with van der Waals surface area (Å²) in [4.78, 5) is 15.4. The smallest absolute Gasteiger partial charge is 0.303 e. The highest BCUT2D eigenvalue weighted by Gasteiger charge is 2.19. The van der Waals surface area contributed by atoms with E-state index in [0.717, 1.165) is 63.5 Å². The van der Waals surface area contributed by atoms with Gasteiger partial charge in [0.05, 0.1) is 12.8 Å². The number of para-hydroxylation sites is 2. The average Bonchev–Trinajstić information content (AvgIpc) is 2.78. The first-order chi connectivity index (χ1) is 14.7. The van der Waals surface area contributed by atoms with E-state index in [2.05, 4.69) is 34.1 Å². The lowest BCUT2D eigenvalue weighted by molar-refractivity contribution is -0.137. The maximum atomic E-state index is 10.5. The number of unbranched alkanes of at least 4 members (excludes halogenated alkanes) is 1. The number of aryl methyl sites for hydroxylation is 1. The number of hydrogen-bond acceptors (Lipinski definition) is 5. The average molecular weight is 413 g/mol. The maximum Gasteiger partial charge on any atom is 0.303 e. The number of aliphatic carboxylic acids is 1. The second-order valence-electron chi connectivity index (χ2n) is 7.59. The predicted molar refractivity (Wildman–Crippen MR) is 119 cm³/mol. The molecule has 1 aliphatic rings. The third-order valence-corrected chi connectivity index (χ3v) is 5.50. The molecule has 1 saturated heterocycles. The number of carbonyl (C=O) groups is 1. The Morgan fingerprint density at radius 3 is 2.43 bits per heavy atom. The zero-order valence-corrected chi connectivity index (χ0v) is 17.8. The number of nitrogens with zero attached hydrogens (tertiary/aromatic N) is 2. The highest BCUT2D eigenvalue weighted by Crippen LogP contribution is 2.28. The van der Waals surface area contributed by atoms with Crippen LogP contribution < -0.4 is 14.4 Å². The molecule has 1 N–H and O–H groups in total. The number of rotatable bonds is 11. The molecule has 0 amide bonds. The molecule has 0 atom stereocenters.